The van der Waals surface area contributed by atoms with Gasteiger partial charge >= 0.3 is 5.97 Å². The Labute approximate surface area is 215 Å². The Kier molecular flexibility index (Phi) is 29.5. The highest BCUT2D eigenvalue weighted by molar-refractivity contribution is 5.69. The minimum absolute atomic E-state index is 0.000741. The van der Waals surface area contributed by atoms with Crippen LogP contribution in [0.4, 0.5) is 0 Å². The van der Waals surface area contributed by atoms with E-state index in [4.69, 9.17) is 4.74 Å². The van der Waals surface area contributed by atoms with E-state index in [1.165, 1.54) is 135 Å². The predicted octanol–water partition coefficient (Wildman–Crippen LogP) is 11.3. The summed E-state index contributed by atoms with van der Waals surface area (Å²) in [5.74, 6) is -0.000741. The van der Waals surface area contributed by atoms with E-state index in [0.717, 1.165) is 25.7 Å². The molecule has 2 nitrogen and oxygen atoms in total. The number of ether oxygens (including phenoxy) is 1. The lowest BCUT2D eigenvalue weighted by Gasteiger charge is -2.05. The molecule has 0 aromatic heterocycles. The molecule has 0 aromatic carbocycles. The zero-order chi connectivity index (χ0) is 24.8. The molecule has 0 unspecified atom stereocenters. The third-order valence-corrected chi connectivity index (χ3v) is 7.00. The molecule has 0 aliphatic rings. The molecule has 0 amide bonds. The maximum Gasteiger partial charge on any atom is 0.305 e. The van der Waals surface area contributed by atoms with Gasteiger partial charge in [0, 0.05) is 6.42 Å². The molecule has 0 saturated carbocycles. The third kappa shape index (κ3) is 29.2. The number of hydrogen-bond acceptors (Lipinski definition) is 2. The molecule has 0 rings (SSSR count). The number of rotatable bonds is 28. The monoisotopic (exact) mass is 478 g/mol. The van der Waals surface area contributed by atoms with Crippen LogP contribution in [0.2, 0.25) is 0 Å². The fourth-order valence-electron chi connectivity index (χ4n) is 4.67. The summed E-state index contributed by atoms with van der Waals surface area (Å²) >= 11 is 0. The molecule has 202 valence electrons. The van der Waals surface area contributed by atoms with Crippen molar-refractivity contribution in [3.8, 4) is 0 Å². The number of carbonyl (C=O) groups is 1. The Morgan fingerprint density at radius 3 is 1.29 bits per heavy atom. The van der Waals surface area contributed by atoms with Gasteiger partial charge in [-0.25, -0.2) is 0 Å². The van der Waals surface area contributed by atoms with E-state index in [1.54, 1.807) is 0 Å². The zero-order valence-corrected chi connectivity index (χ0v) is 23.6. The largest absolute Gasteiger partial charge is 0.466 e. The molecule has 0 radical (unpaired) electrons. The van der Waals surface area contributed by atoms with Crippen LogP contribution in [-0.2, 0) is 9.53 Å². The Morgan fingerprint density at radius 2 is 0.912 bits per heavy atom. The van der Waals surface area contributed by atoms with Crippen molar-refractivity contribution >= 4 is 5.97 Å². The van der Waals surface area contributed by atoms with E-state index in [-0.39, 0.29) is 5.97 Å². The van der Waals surface area contributed by atoms with Crippen LogP contribution < -0.4 is 0 Å². The first-order valence-corrected chi connectivity index (χ1v) is 15.6. The van der Waals surface area contributed by atoms with E-state index in [9.17, 15) is 4.79 Å². The van der Waals surface area contributed by atoms with Gasteiger partial charge in [0.25, 0.3) is 0 Å². The van der Waals surface area contributed by atoms with Crippen LogP contribution in [0.3, 0.4) is 0 Å². The van der Waals surface area contributed by atoms with Gasteiger partial charge in [0.1, 0.15) is 0 Å². The summed E-state index contributed by atoms with van der Waals surface area (Å²) in [6, 6.07) is 0. The number of carbonyl (C=O) groups excluding carboxylic acids is 1. The van der Waals surface area contributed by atoms with Gasteiger partial charge in [-0.3, -0.25) is 4.79 Å². The first kappa shape index (κ1) is 33.2. The fourth-order valence-corrected chi connectivity index (χ4v) is 4.67. The first-order chi connectivity index (χ1) is 16.8. The number of esters is 1. The third-order valence-electron chi connectivity index (χ3n) is 7.00. The molecule has 0 aliphatic carbocycles. The van der Waals surface area contributed by atoms with Crippen molar-refractivity contribution in [2.24, 2.45) is 0 Å². The molecule has 0 aromatic rings. The highest BCUT2D eigenvalue weighted by Crippen LogP contribution is 2.15. The smallest absolute Gasteiger partial charge is 0.305 e. The predicted molar refractivity (Wildman–Crippen MR) is 151 cm³/mol. The minimum atomic E-state index is -0.000741. The van der Waals surface area contributed by atoms with Gasteiger partial charge in [-0.1, -0.05) is 154 Å². The summed E-state index contributed by atoms with van der Waals surface area (Å²) in [6.45, 7) is 4.93. The van der Waals surface area contributed by atoms with Crippen LogP contribution in [0.1, 0.15) is 181 Å². The van der Waals surface area contributed by atoms with Crippen molar-refractivity contribution < 1.29 is 9.53 Å². The van der Waals surface area contributed by atoms with E-state index in [2.05, 4.69) is 19.1 Å². The van der Waals surface area contributed by atoms with Gasteiger partial charge in [-0.15, -0.1) is 0 Å². The number of unbranched alkanes of at least 4 members (excludes halogenated alkanes) is 23. The highest BCUT2D eigenvalue weighted by atomic mass is 16.5. The summed E-state index contributed by atoms with van der Waals surface area (Å²) < 4.78 is 5.31. The topological polar surface area (TPSA) is 26.3 Å². The summed E-state index contributed by atoms with van der Waals surface area (Å²) in [5.41, 5.74) is 0. The Bertz CT molecular complexity index is 415. The first-order valence-electron chi connectivity index (χ1n) is 15.6. The number of allylic oxidation sites excluding steroid dienone is 2. The molecule has 0 fully saturated rings. The second kappa shape index (κ2) is 30.2. The maximum atomic E-state index is 11.7. The van der Waals surface area contributed by atoms with E-state index >= 15 is 0 Å². The Balaban J connectivity index is 3.10. The quantitative estimate of drug-likeness (QED) is 0.0634. The van der Waals surface area contributed by atoms with E-state index in [1.807, 2.05) is 6.92 Å². The average molecular weight is 479 g/mol. The molecule has 34 heavy (non-hydrogen) atoms. The van der Waals surface area contributed by atoms with Gasteiger partial charge in [0.15, 0.2) is 0 Å². The number of hydrogen-bond donors (Lipinski definition) is 0. The van der Waals surface area contributed by atoms with Crippen molar-refractivity contribution in [3.63, 3.8) is 0 Å². The summed E-state index contributed by atoms with van der Waals surface area (Å²) in [4.78, 5) is 11.7. The molecular weight excluding hydrogens is 416 g/mol. The van der Waals surface area contributed by atoms with E-state index < -0.39 is 0 Å². The average Bonchev–Trinajstić information content (AvgIpc) is 2.84. The van der Waals surface area contributed by atoms with Crippen molar-refractivity contribution in [1.82, 2.24) is 0 Å². The second-order valence-electron chi connectivity index (χ2n) is 10.5. The van der Waals surface area contributed by atoms with Crippen molar-refractivity contribution in [2.75, 3.05) is 6.61 Å². The van der Waals surface area contributed by atoms with E-state index in [0.29, 0.717) is 13.0 Å². The van der Waals surface area contributed by atoms with Gasteiger partial charge in [0.2, 0.25) is 0 Å². The maximum absolute atomic E-state index is 11.7. The molecule has 0 aliphatic heterocycles. The SMILES string of the molecule is C/C=C/CCCCOC(=O)CCCCCCCCCCCCCCCCCCCCCCCC. The zero-order valence-electron chi connectivity index (χ0n) is 23.6. The molecule has 0 atom stereocenters. The minimum Gasteiger partial charge on any atom is -0.466 e. The normalized spacial score (nSPS) is 11.5. The summed E-state index contributed by atoms with van der Waals surface area (Å²) in [5, 5.41) is 0. The molecule has 2 heteroatoms. The van der Waals surface area contributed by atoms with Gasteiger partial charge in [-0.2, -0.15) is 0 Å². The molecule has 0 N–H and O–H groups in total. The standard InChI is InChI=1S/C32H62O2/c1-3-5-7-9-10-11-12-13-14-15-16-17-18-19-20-21-22-23-24-25-26-28-30-32(33)34-31-29-27-8-6-4-2/h4,6H,3,5,7-31H2,1-2H3/b6-4+. The van der Waals surface area contributed by atoms with Crippen LogP contribution in [0, 0.1) is 0 Å². The molecule has 0 spiro atoms. The Hall–Kier alpha value is -0.790. The summed E-state index contributed by atoms with van der Waals surface area (Å²) in [7, 11) is 0. The van der Waals surface area contributed by atoms with Crippen molar-refractivity contribution in [2.45, 2.75) is 181 Å². The lowest BCUT2D eigenvalue weighted by Crippen LogP contribution is -2.05. The molecular formula is C32H62O2. The molecule has 0 heterocycles. The van der Waals surface area contributed by atoms with Crippen LogP contribution in [-0.4, -0.2) is 12.6 Å². The molecule has 0 saturated heterocycles. The van der Waals surface area contributed by atoms with Crippen molar-refractivity contribution in [1.29, 1.82) is 0 Å². The van der Waals surface area contributed by atoms with Crippen LogP contribution >= 0.6 is 0 Å². The Morgan fingerprint density at radius 1 is 0.529 bits per heavy atom. The van der Waals surface area contributed by atoms with Gasteiger partial charge in [-0.05, 0) is 32.6 Å². The van der Waals surface area contributed by atoms with Gasteiger partial charge < -0.3 is 4.74 Å². The van der Waals surface area contributed by atoms with Crippen LogP contribution in [0.25, 0.3) is 0 Å². The fraction of sp³-hybridized carbons (Fsp3) is 0.906. The van der Waals surface area contributed by atoms with Crippen LogP contribution in [0.5, 0.6) is 0 Å². The second-order valence-corrected chi connectivity index (χ2v) is 10.5. The van der Waals surface area contributed by atoms with Crippen molar-refractivity contribution in [3.05, 3.63) is 12.2 Å². The van der Waals surface area contributed by atoms with Gasteiger partial charge in [0.05, 0.1) is 6.61 Å². The van der Waals surface area contributed by atoms with Crippen LogP contribution in [0.15, 0.2) is 12.2 Å². The lowest BCUT2D eigenvalue weighted by molar-refractivity contribution is -0.143. The highest BCUT2D eigenvalue weighted by Gasteiger charge is 2.02. The molecule has 0 bridgehead atoms. The summed E-state index contributed by atoms with van der Waals surface area (Å²) in [6.07, 6.45) is 38.7. The lowest BCUT2D eigenvalue weighted by atomic mass is 10.0.